The Bertz CT molecular complexity index is 587. The number of carbonyl (C=O) groups excluding carboxylic acids is 2. The minimum Gasteiger partial charge on any atom is -0.478 e. The van der Waals surface area contributed by atoms with Gasteiger partial charge in [-0.25, -0.2) is 9.59 Å². The van der Waals surface area contributed by atoms with Crippen LogP contribution in [0.2, 0.25) is 0 Å². The second-order valence-corrected chi connectivity index (χ2v) is 6.02. The Morgan fingerprint density at radius 3 is 2.48 bits per heavy atom. The monoisotopic (exact) mass is 357 g/mol. The van der Waals surface area contributed by atoms with Crippen LogP contribution in [-0.2, 0) is 4.79 Å². The van der Waals surface area contributed by atoms with E-state index in [2.05, 4.69) is 26.6 Å². The maximum Gasteiger partial charge on any atom is 0.337 e. The van der Waals surface area contributed by atoms with Gasteiger partial charge in [-0.15, -0.1) is 0 Å². The standard InChI is InChI=1S/C13H16BrN3O4/c1-13(2,6-10(15)18)17-12(21)16-9-5-7(14)3-4-8(9)11(19)20/h3-5H,6H2,1-2H3,(H2,15,18)(H,19,20)(H2,16,17,21). The number of carboxylic acid groups (broad SMARTS) is 1. The van der Waals surface area contributed by atoms with Crippen LogP contribution < -0.4 is 16.4 Å². The molecule has 1 aromatic rings. The second kappa shape index (κ2) is 6.57. The first kappa shape index (κ1) is 17.0. The molecule has 5 N–H and O–H groups in total. The summed E-state index contributed by atoms with van der Waals surface area (Å²) in [7, 11) is 0. The van der Waals surface area contributed by atoms with Gasteiger partial charge < -0.3 is 21.5 Å². The van der Waals surface area contributed by atoms with E-state index in [4.69, 9.17) is 10.8 Å². The summed E-state index contributed by atoms with van der Waals surface area (Å²) in [5.41, 5.74) is 4.36. The number of nitrogens with one attached hydrogen (secondary N) is 2. The molecule has 1 rings (SSSR count). The van der Waals surface area contributed by atoms with Crippen LogP contribution >= 0.6 is 15.9 Å². The average Bonchev–Trinajstić information content (AvgIpc) is 2.24. The molecule has 0 aliphatic rings. The fraction of sp³-hybridized carbons (Fsp3) is 0.308. The van der Waals surface area contributed by atoms with Crippen LogP contribution in [0.4, 0.5) is 10.5 Å². The first-order chi connectivity index (χ1) is 9.60. The molecule has 0 unspecified atom stereocenters. The van der Waals surface area contributed by atoms with Gasteiger partial charge in [0.05, 0.1) is 11.3 Å². The molecule has 0 fully saturated rings. The lowest BCUT2D eigenvalue weighted by Gasteiger charge is -2.25. The fourth-order valence-electron chi connectivity index (χ4n) is 1.75. The van der Waals surface area contributed by atoms with Crippen molar-refractivity contribution in [2.75, 3.05) is 5.32 Å². The van der Waals surface area contributed by atoms with Crippen molar-refractivity contribution in [3.8, 4) is 0 Å². The summed E-state index contributed by atoms with van der Waals surface area (Å²) in [4.78, 5) is 33.9. The van der Waals surface area contributed by atoms with E-state index in [9.17, 15) is 14.4 Å². The van der Waals surface area contributed by atoms with Gasteiger partial charge in [0.2, 0.25) is 5.91 Å². The van der Waals surface area contributed by atoms with Gasteiger partial charge in [0, 0.05) is 16.4 Å². The van der Waals surface area contributed by atoms with Crippen LogP contribution in [-0.4, -0.2) is 28.6 Å². The molecule has 0 aromatic heterocycles. The minimum absolute atomic E-state index is 0.0370. The van der Waals surface area contributed by atoms with E-state index >= 15 is 0 Å². The smallest absolute Gasteiger partial charge is 0.337 e. The number of hydrogen-bond acceptors (Lipinski definition) is 3. The molecule has 0 radical (unpaired) electrons. The summed E-state index contributed by atoms with van der Waals surface area (Å²) in [6.45, 7) is 3.27. The Balaban J connectivity index is 2.86. The van der Waals surface area contributed by atoms with Crippen molar-refractivity contribution in [3.63, 3.8) is 0 Å². The molecular weight excluding hydrogens is 342 g/mol. The van der Waals surface area contributed by atoms with Crippen molar-refractivity contribution in [1.29, 1.82) is 0 Å². The van der Waals surface area contributed by atoms with E-state index < -0.39 is 23.4 Å². The third-order valence-electron chi connectivity index (χ3n) is 2.53. The third kappa shape index (κ3) is 5.42. The first-order valence-electron chi connectivity index (χ1n) is 6.01. The Morgan fingerprint density at radius 1 is 1.33 bits per heavy atom. The molecule has 0 saturated heterocycles. The molecule has 7 nitrogen and oxygen atoms in total. The number of carbonyl (C=O) groups is 3. The highest BCUT2D eigenvalue weighted by atomic mass is 79.9. The number of nitrogens with two attached hydrogens (primary N) is 1. The summed E-state index contributed by atoms with van der Waals surface area (Å²) < 4.78 is 0.624. The highest BCUT2D eigenvalue weighted by Gasteiger charge is 2.23. The van der Waals surface area contributed by atoms with Gasteiger partial charge >= 0.3 is 12.0 Å². The number of rotatable bonds is 5. The number of benzene rings is 1. The predicted octanol–water partition coefficient (Wildman–Crippen LogP) is 1.92. The molecule has 0 atom stereocenters. The average molecular weight is 358 g/mol. The van der Waals surface area contributed by atoms with Crippen LogP contribution in [0.15, 0.2) is 22.7 Å². The Labute approximate surface area is 130 Å². The zero-order valence-corrected chi connectivity index (χ0v) is 13.2. The number of halogens is 1. The molecule has 1 aromatic carbocycles. The zero-order valence-electron chi connectivity index (χ0n) is 11.6. The van der Waals surface area contributed by atoms with E-state index in [1.807, 2.05) is 0 Å². The molecule has 0 heterocycles. The molecular formula is C13H16BrN3O4. The van der Waals surface area contributed by atoms with E-state index in [1.54, 1.807) is 19.9 Å². The molecule has 0 saturated carbocycles. The summed E-state index contributed by atoms with van der Waals surface area (Å²) in [5.74, 6) is -1.71. The lowest BCUT2D eigenvalue weighted by Crippen LogP contribution is -2.47. The molecule has 8 heteroatoms. The lowest BCUT2D eigenvalue weighted by molar-refractivity contribution is -0.119. The van der Waals surface area contributed by atoms with Crippen LogP contribution in [0.25, 0.3) is 0 Å². The summed E-state index contributed by atoms with van der Waals surface area (Å²) in [6.07, 6.45) is -0.0370. The molecule has 0 spiro atoms. The van der Waals surface area contributed by atoms with E-state index in [0.29, 0.717) is 4.47 Å². The number of carboxylic acids is 1. The summed E-state index contributed by atoms with van der Waals surface area (Å²) >= 11 is 3.20. The quantitative estimate of drug-likeness (QED) is 0.642. The SMILES string of the molecule is CC(C)(CC(N)=O)NC(=O)Nc1cc(Br)ccc1C(=O)O. The normalized spacial score (nSPS) is 10.8. The van der Waals surface area contributed by atoms with Gasteiger partial charge in [0.1, 0.15) is 0 Å². The number of primary amides is 1. The number of urea groups is 1. The van der Waals surface area contributed by atoms with Gasteiger partial charge in [-0.2, -0.15) is 0 Å². The lowest BCUT2D eigenvalue weighted by atomic mass is 10.0. The predicted molar refractivity (Wildman–Crippen MR) is 81.1 cm³/mol. The topological polar surface area (TPSA) is 122 Å². The maximum absolute atomic E-state index is 11.9. The Morgan fingerprint density at radius 2 is 1.95 bits per heavy atom. The van der Waals surface area contributed by atoms with E-state index in [0.717, 1.165) is 0 Å². The van der Waals surface area contributed by atoms with Gasteiger partial charge in [0.25, 0.3) is 0 Å². The first-order valence-corrected chi connectivity index (χ1v) is 6.80. The molecule has 0 aliphatic carbocycles. The zero-order chi connectivity index (χ0) is 16.2. The van der Waals surface area contributed by atoms with E-state index in [1.165, 1.54) is 12.1 Å². The van der Waals surface area contributed by atoms with Crippen LogP contribution in [0.5, 0.6) is 0 Å². The van der Waals surface area contributed by atoms with Crippen LogP contribution in [0, 0.1) is 0 Å². The van der Waals surface area contributed by atoms with Gasteiger partial charge in [0.15, 0.2) is 0 Å². The molecule has 0 aliphatic heterocycles. The highest BCUT2D eigenvalue weighted by Crippen LogP contribution is 2.21. The highest BCUT2D eigenvalue weighted by molar-refractivity contribution is 9.10. The molecule has 114 valence electrons. The van der Waals surface area contributed by atoms with Gasteiger partial charge in [-0.3, -0.25) is 4.79 Å². The number of amides is 3. The Kier molecular flexibility index (Phi) is 5.31. The summed E-state index contributed by atoms with van der Waals surface area (Å²) in [6, 6.07) is 3.78. The van der Waals surface area contributed by atoms with Crippen molar-refractivity contribution in [2.45, 2.75) is 25.8 Å². The number of anilines is 1. The largest absolute Gasteiger partial charge is 0.478 e. The van der Waals surface area contributed by atoms with Crippen molar-refractivity contribution >= 4 is 39.5 Å². The minimum atomic E-state index is -1.16. The third-order valence-corrected chi connectivity index (χ3v) is 3.02. The van der Waals surface area contributed by atoms with Crippen molar-refractivity contribution < 1.29 is 19.5 Å². The molecule has 21 heavy (non-hydrogen) atoms. The van der Waals surface area contributed by atoms with Crippen molar-refractivity contribution in [1.82, 2.24) is 5.32 Å². The van der Waals surface area contributed by atoms with Gasteiger partial charge in [-0.1, -0.05) is 15.9 Å². The van der Waals surface area contributed by atoms with Crippen LogP contribution in [0.3, 0.4) is 0 Å². The van der Waals surface area contributed by atoms with E-state index in [-0.39, 0.29) is 17.7 Å². The van der Waals surface area contributed by atoms with Gasteiger partial charge in [-0.05, 0) is 32.0 Å². The fourth-order valence-corrected chi connectivity index (χ4v) is 2.11. The number of hydrogen-bond donors (Lipinski definition) is 4. The second-order valence-electron chi connectivity index (χ2n) is 5.10. The summed E-state index contributed by atoms with van der Waals surface area (Å²) in [5, 5.41) is 14.1. The number of aromatic carboxylic acids is 1. The molecule has 3 amide bonds. The maximum atomic E-state index is 11.9. The van der Waals surface area contributed by atoms with Crippen LogP contribution in [0.1, 0.15) is 30.6 Å². The molecule has 0 bridgehead atoms. The van der Waals surface area contributed by atoms with Crippen molar-refractivity contribution in [2.24, 2.45) is 5.73 Å². The van der Waals surface area contributed by atoms with Crippen molar-refractivity contribution in [3.05, 3.63) is 28.2 Å². The Hall–Kier alpha value is -2.09.